The Kier molecular flexibility index (Phi) is 4.94. The number of hydrogen-bond donors (Lipinski definition) is 1. The molecule has 1 aromatic rings. The number of nitro groups is 1. The van der Waals surface area contributed by atoms with Gasteiger partial charge in [-0.1, -0.05) is 6.07 Å². The monoisotopic (exact) mass is 282 g/mol. The lowest BCUT2D eigenvalue weighted by Gasteiger charge is -2.35. The first-order valence-corrected chi connectivity index (χ1v) is 6.49. The summed E-state index contributed by atoms with van der Waals surface area (Å²) in [7, 11) is 1.72. The van der Waals surface area contributed by atoms with Crippen molar-refractivity contribution in [2.75, 3.05) is 18.6 Å². The van der Waals surface area contributed by atoms with Gasteiger partial charge in [-0.25, -0.2) is 0 Å². The number of hydrogen-bond acceptors (Lipinski definition) is 5. The van der Waals surface area contributed by atoms with Crippen LogP contribution in [0.25, 0.3) is 0 Å². The van der Waals surface area contributed by atoms with Crippen molar-refractivity contribution in [2.45, 2.75) is 39.3 Å². The number of nitrogens with zero attached hydrogens (tertiary/aromatic N) is 2. The number of ether oxygens (including phenoxy) is 1. The van der Waals surface area contributed by atoms with Gasteiger partial charge in [-0.2, -0.15) is 0 Å². The summed E-state index contributed by atoms with van der Waals surface area (Å²) in [6.45, 7) is 7.14. The van der Waals surface area contributed by atoms with Crippen LogP contribution in [0.3, 0.4) is 0 Å². The smallest absolute Gasteiger partial charge is 0.333 e. The third kappa shape index (κ3) is 3.39. The molecular formula is C14H22N2O4. The fourth-order valence-corrected chi connectivity index (χ4v) is 1.75. The lowest BCUT2D eigenvalue weighted by molar-refractivity contribution is -0.385. The van der Waals surface area contributed by atoms with Crippen LogP contribution in [0.5, 0.6) is 5.75 Å². The van der Waals surface area contributed by atoms with E-state index < -0.39 is 10.5 Å². The molecule has 0 bridgehead atoms. The Bertz CT molecular complexity index is 486. The molecule has 0 unspecified atom stereocenters. The van der Waals surface area contributed by atoms with Gasteiger partial charge in [-0.15, -0.1) is 0 Å². The topological polar surface area (TPSA) is 75.8 Å². The second-order valence-electron chi connectivity index (χ2n) is 5.58. The molecule has 0 aliphatic heterocycles. The van der Waals surface area contributed by atoms with E-state index in [1.807, 2.05) is 27.7 Å². The molecule has 20 heavy (non-hydrogen) atoms. The van der Waals surface area contributed by atoms with E-state index in [-0.39, 0.29) is 24.1 Å². The van der Waals surface area contributed by atoms with E-state index in [2.05, 4.69) is 0 Å². The van der Waals surface area contributed by atoms with Crippen LogP contribution in [-0.4, -0.2) is 35.3 Å². The first kappa shape index (κ1) is 16.2. The van der Waals surface area contributed by atoms with Gasteiger partial charge in [0, 0.05) is 7.05 Å². The van der Waals surface area contributed by atoms with Crippen LogP contribution < -0.4 is 9.64 Å². The molecule has 0 heterocycles. The van der Waals surface area contributed by atoms with Crippen molar-refractivity contribution in [3.8, 4) is 5.75 Å². The van der Waals surface area contributed by atoms with E-state index >= 15 is 0 Å². The molecule has 0 saturated carbocycles. The minimum absolute atomic E-state index is 0.0785. The molecule has 0 atom stereocenters. The summed E-state index contributed by atoms with van der Waals surface area (Å²) in [4.78, 5) is 12.6. The predicted octanol–water partition coefficient (Wildman–Crippen LogP) is 2.59. The Morgan fingerprint density at radius 3 is 2.50 bits per heavy atom. The second-order valence-corrected chi connectivity index (χ2v) is 5.58. The number of rotatable bonds is 6. The summed E-state index contributed by atoms with van der Waals surface area (Å²) in [5.41, 5.74) is -0.265. The van der Waals surface area contributed by atoms with E-state index in [0.717, 1.165) is 0 Å². The molecule has 1 N–H and O–H groups in total. The molecule has 6 nitrogen and oxygen atoms in total. The number of likely N-dealkylation sites (N-methyl/N-ethyl adjacent to an activating group) is 1. The van der Waals surface area contributed by atoms with Crippen molar-refractivity contribution in [1.82, 2.24) is 0 Å². The van der Waals surface area contributed by atoms with Crippen molar-refractivity contribution in [1.29, 1.82) is 0 Å². The Balaban J connectivity index is 3.36. The minimum Gasteiger partial charge on any atom is -0.484 e. The first-order valence-electron chi connectivity index (χ1n) is 6.49. The summed E-state index contributed by atoms with van der Waals surface area (Å²) in [5.74, 6) is 0.239. The van der Waals surface area contributed by atoms with Gasteiger partial charge in [0.2, 0.25) is 0 Å². The number of aliphatic hydroxyl groups excluding tert-OH is 1. The van der Waals surface area contributed by atoms with Crippen molar-refractivity contribution >= 4 is 11.4 Å². The molecule has 0 fully saturated rings. The van der Waals surface area contributed by atoms with E-state index in [1.54, 1.807) is 30.1 Å². The average Bonchev–Trinajstić information content (AvgIpc) is 2.36. The Morgan fingerprint density at radius 2 is 2.05 bits per heavy atom. The van der Waals surface area contributed by atoms with Gasteiger partial charge in [-0.3, -0.25) is 10.1 Å². The fraction of sp³-hybridized carbons (Fsp3) is 0.571. The number of benzene rings is 1. The van der Waals surface area contributed by atoms with Crippen LogP contribution in [0.1, 0.15) is 27.7 Å². The quantitative estimate of drug-likeness (QED) is 0.641. The standard InChI is InChI=1S/C14H22N2O4/c1-10(2)20-12-8-6-7-11(13(12)16(18)19)15(5)14(3,4)9-17/h6-8,10,17H,9H2,1-5H3. The molecule has 112 valence electrons. The zero-order valence-electron chi connectivity index (χ0n) is 12.6. The Hall–Kier alpha value is -1.82. The second kappa shape index (κ2) is 6.09. The molecule has 0 aliphatic rings. The molecule has 6 heteroatoms. The Morgan fingerprint density at radius 1 is 1.45 bits per heavy atom. The summed E-state index contributed by atoms with van der Waals surface area (Å²) < 4.78 is 5.51. The van der Waals surface area contributed by atoms with Crippen molar-refractivity contribution in [3.63, 3.8) is 0 Å². The molecule has 0 spiro atoms. The number of para-hydroxylation sites is 1. The highest BCUT2D eigenvalue weighted by atomic mass is 16.6. The zero-order chi connectivity index (χ0) is 15.5. The van der Waals surface area contributed by atoms with Gasteiger partial charge < -0.3 is 14.7 Å². The molecule has 1 rings (SSSR count). The van der Waals surface area contributed by atoms with Crippen LogP contribution >= 0.6 is 0 Å². The molecule has 1 aromatic carbocycles. The van der Waals surface area contributed by atoms with Crippen molar-refractivity contribution in [3.05, 3.63) is 28.3 Å². The van der Waals surface area contributed by atoms with Crippen molar-refractivity contribution < 1.29 is 14.8 Å². The molecule has 0 aromatic heterocycles. The summed E-state index contributed by atoms with van der Waals surface area (Å²) in [6.07, 6.45) is -0.153. The maximum Gasteiger partial charge on any atom is 0.333 e. The van der Waals surface area contributed by atoms with Gasteiger partial charge >= 0.3 is 5.69 Å². The highest BCUT2D eigenvalue weighted by Gasteiger charge is 2.31. The summed E-state index contributed by atoms with van der Waals surface area (Å²) >= 11 is 0. The lowest BCUT2D eigenvalue weighted by Crippen LogP contribution is -2.44. The van der Waals surface area contributed by atoms with Crippen LogP contribution in [0.15, 0.2) is 18.2 Å². The van der Waals surface area contributed by atoms with Gasteiger partial charge in [0.25, 0.3) is 0 Å². The van der Waals surface area contributed by atoms with Crippen LogP contribution in [0.4, 0.5) is 11.4 Å². The average molecular weight is 282 g/mol. The summed E-state index contributed by atoms with van der Waals surface area (Å²) in [5, 5.41) is 20.8. The molecule has 0 radical (unpaired) electrons. The van der Waals surface area contributed by atoms with E-state index in [4.69, 9.17) is 4.74 Å². The van der Waals surface area contributed by atoms with Gasteiger partial charge in [0.1, 0.15) is 5.69 Å². The Labute approximate surface area is 119 Å². The molecule has 0 aliphatic carbocycles. The van der Waals surface area contributed by atoms with E-state index in [0.29, 0.717) is 5.69 Å². The molecular weight excluding hydrogens is 260 g/mol. The first-order chi connectivity index (χ1) is 9.20. The third-order valence-electron chi connectivity index (χ3n) is 3.18. The summed E-state index contributed by atoms with van der Waals surface area (Å²) in [6, 6.07) is 4.95. The predicted molar refractivity (Wildman–Crippen MR) is 78.4 cm³/mol. The number of anilines is 1. The SMILES string of the molecule is CC(C)Oc1cccc(N(C)C(C)(C)CO)c1[N+](=O)[O-]. The number of aliphatic hydroxyl groups is 1. The fourth-order valence-electron chi connectivity index (χ4n) is 1.75. The van der Waals surface area contributed by atoms with Crippen molar-refractivity contribution in [2.24, 2.45) is 0 Å². The van der Waals surface area contributed by atoms with Gasteiger partial charge in [0.05, 0.1) is 23.2 Å². The van der Waals surface area contributed by atoms with Gasteiger partial charge in [-0.05, 0) is 39.8 Å². The van der Waals surface area contributed by atoms with Crippen LogP contribution in [0.2, 0.25) is 0 Å². The lowest BCUT2D eigenvalue weighted by atomic mass is 10.0. The normalized spacial score (nSPS) is 11.6. The van der Waals surface area contributed by atoms with Crippen LogP contribution in [0, 0.1) is 10.1 Å². The highest BCUT2D eigenvalue weighted by molar-refractivity contribution is 5.70. The van der Waals surface area contributed by atoms with E-state index in [1.165, 1.54) is 0 Å². The third-order valence-corrected chi connectivity index (χ3v) is 3.18. The highest BCUT2D eigenvalue weighted by Crippen LogP contribution is 2.39. The number of nitro benzene ring substituents is 1. The molecule has 0 saturated heterocycles. The maximum absolute atomic E-state index is 11.4. The molecule has 0 amide bonds. The maximum atomic E-state index is 11.4. The van der Waals surface area contributed by atoms with E-state index in [9.17, 15) is 15.2 Å². The zero-order valence-corrected chi connectivity index (χ0v) is 12.6. The van der Waals surface area contributed by atoms with Crippen LogP contribution in [-0.2, 0) is 0 Å². The largest absolute Gasteiger partial charge is 0.484 e. The minimum atomic E-state index is -0.610. The van der Waals surface area contributed by atoms with Gasteiger partial charge in [0.15, 0.2) is 5.75 Å².